The SMILES string of the molecule is CC(=O)Nc1cccc(C(C)NC(=O)CCl)c1. The van der Waals surface area contributed by atoms with Crippen molar-refractivity contribution in [2.45, 2.75) is 19.9 Å². The second-order valence-electron chi connectivity index (χ2n) is 3.73. The van der Waals surface area contributed by atoms with E-state index in [4.69, 9.17) is 11.6 Å². The molecule has 0 bridgehead atoms. The lowest BCUT2D eigenvalue weighted by atomic mass is 10.1. The summed E-state index contributed by atoms with van der Waals surface area (Å²) in [6.07, 6.45) is 0. The summed E-state index contributed by atoms with van der Waals surface area (Å²) in [5.41, 5.74) is 1.62. The molecule has 0 radical (unpaired) electrons. The molecule has 92 valence electrons. The highest BCUT2D eigenvalue weighted by Crippen LogP contribution is 2.17. The molecule has 0 fully saturated rings. The maximum Gasteiger partial charge on any atom is 0.235 e. The Kier molecular flexibility index (Phi) is 4.97. The van der Waals surface area contributed by atoms with E-state index in [0.717, 1.165) is 5.56 Å². The molecule has 1 rings (SSSR count). The highest BCUT2D eigenvalue weighted by atomic mass is 35.5. The molecule has 4 nitrogen and oxygen atoms in total. The van der Waals surface area contributed by atoms with Crippen molar-refractivity contribution in [3.63, 3.8) is 0 Å². The van der Waals surface area contributed by atoms with Gasteiger partial charge < -0.3 is 10.6 Å². The summed E-state index contributed by atoms with van der Waals surface area (Å²) < 4.78 is 0. The Morgan fingerprint density at radius 2 is 2.12 bits per heavy atom. The zero-order chi connectivity index (χ0) is 12.8. The number of anilines is 1. The van der Waals surface area contributed by atoms with Crippen molar-refractivity contribution in [1.82, 2.24) is 5.32 Å². The normalized spacial score (nSPS) is 11.7. The number of halogens is 1. The van der Waals surface area contributed by atoms with Gasteiger partial charge in [-0.3, -0.25) is 9.59 Å². The maximum absolute atomic E-state index is 11.1. The van der Waals surface area contributed by atoms with Crippen molar-refractivity contribution in [2.24, 2.45) is 0 Å². The Labute approximate surface area is 105 Å². The van der Waals surface area contributed by atoms with Crippen LogP contribution in [0.4, 0.5) is 5.69 Å². The average Bonchev–Trinajstić information content (AvgIpc) is 2.28. The van der Waals surface area contributed by atoms with E-state index in [9.17, 15) is 9.59 Å². The van der Waals surface area contributed by atoms with E-state index >= 15 is 0 Å². The molecule has 0 aliphatic carbocycles. The highest BCUT2D eigenvalue weighted by molar-refractivity contribution is 6.27. The van der Waals surface area contributed by atoms with E-state index in [1.165, 1.54) is 6.92 Å². The molecular formula is C12H15ClN2O2. The van der Waals surface area contributed by atoms with Gasteiger partial charge in [-0.1, -0.05) is 12.1 Å². The van der Waals surface area contributed by atoms with Gasteiger partial charge in [-0.15, -0.1) is 11.6 Å². The Hall–Kier alpha value is -1.55. The van der Waals surface area contributed by atoms with Crippen LogP contribution in [0.1, 0.15) is 25.5 Å². The molecule has 17 heavy (non-hydrogen) atoms. The van der Waals surface area contributed by atoms with Crippen molar-refractivity contribution in [1.29, 1.82) is 0 Å². The largest absolute Gasteiger partial charge is 0.349 e. The van der Waals surface area contributed by atoms with Crippen LogP contribution in [-0.4, -0.2) is 17.7 Å². The Bertz CT molecular complexity index is 421. The van der Waals surface area contributed by atoms with Crippen molar-refractivity contribution in [2.75, 3.05) is 11.2 Å². The lowest BCUT2D eigenvalue weighted by Gasteiger charge is -2.14. The number of carbonyl (C=O) groups excluding carboxylic acids is 2. The summed E-state index contributed by atoms with van der Waals surface area (Å²) in [4.78, 5) is 22.1. The van der Waals surface area contributed by atoms with Crippen LogP contribution >= 0.6 is 11.6 Å². The highest BCUT2D eigenvalue weighted by Gasteiger charge is 2.09. The second-order valence-corrected chi connectivity index (χ2v) is 4.00. The van der Waals surface area contributed by atoms with Gasteiger partial charge in [0.2, 0.25) is 11.8 Å². The molecule has 0 heterocycles. The van der Waals surface area contributed by atoms with Gasteiger partial charge in [0.05, 0.1) is 6.04 Å². The molecule has 5 heteroatoms. The minimum atomic E-state index is -0.218. The zero-order valence-electron chi connectivity index (χ0n) is 9.79. The van der Waals surface area contributed by atoms with E-state index in [2.05, 4.69) is 10.6 Å². The smallest absolute Gasteiger partial charge is 0.235 e. The van der Waals surface area contributed by atoms with Crippen LogP contribution in [0, 0.1) is 0 Å². The standard InChI is InChI=1S/C12H15ClN2O2/c1-8(14-12(17)7-13)10-4-3-5-11(6-10)15-9(2)16/h3-6,8H,7H2,1-2H3,(H,14,17)(H,15,16). The second kappa shape index (κ2) is 6.25. The third-order valence-corrected chi connectivity index (χ3v) is 2.45. The summed E-state index contributed by atoms with van der Waals surface area (Å²) >= 11 is 5.41. The summed E-state index contributed by atoms with van der Waals surface area (Å²) in [6, 6.07) is 7.17. The Balaban J connectivity index is 2.76. The van der Waals surface area contributed by atoms with Crippen molar-refractivity contribution in [3.8, 4) is 0 Å². The number of benzene rings is 1. The van der Waals surface area contributed by atoms with Gasteiger partial charge >= 0.3 is 0 Å². The first kappa shape index (κ1) is 13.5. The van der Waals surface area contributed by atoms with Gasteiger partial charge in [0, 0.05) is 12.6 Å². The van der Waals surface area contributed by atoms with Gasteiger partial charge in [-0.25, -0.2) is 0 Å². The Morgan fingerprint density at radius 3 is 2.71 bits per heavy atom. The lowest BCUT2D eigenvalue weighted by Crippen LogP contribution is -2.27. The Morgan fingerprint density at radius 1 is 1.41 bits per heavy atom. The summed E-state index contributed by atoms with van der Waals surface area (Å²) in [7, 11) is 0. The molecular weight excluding hydrogens is 240 g/mol. The fourth-order valence-electron chi connectivity index (χ4n) is 1.45. The zero-order valence-corrected chi connectivity index (χ0v) is 10.5. The van der Waals surface area contributed by atoms with Gasteiger partial charge in [0.25, 0.3) is 0 Å². The minimum Gasteiger partial charge on any atom is -0.349 e. The van der Waals surface area contributed by atoms with Gasteiger partial charge in [-0.2, -0.15) is 0 Å². The summed E-state index contributed by atoms with van der Waals surface area (Å²) in [5, 5.41) is 5.43. The lowest BCUT2D eigenvalue weighted by molar-refractivity contribution is -0.119. The molecule has 1 unspecified atom stereocenters. The van der Waals surface area contributed by atoms with E-state index < -0.39 is 0 Å². The number of hydrogen-bond donors (Lipinski definition) is 2. The molecule has 1 aromatic carbocycles. The quantitative estimate of drug-likeness (QED) is 0.808. The average molecular weight is 255 g/mol. The molecule has 2 amide bonds. The van der Waals surface area contributed by atoms with Crippen molar-refractivity contribution >= 4 is 29.1 Å². The van der Waals surface area contributed by atoms with Crippen LogP contribution in [0.3, 0.4) is 0 Å². The van der Waals surface area contributed by atoms with E-state index in [1.807, 2.05) is 25.1 Å². The van der Waals surface area contributed by atoms with Crippen LogP contribution in [0.5, 0.6) is 0 Å². The fraction of sp³-hybridized carbons (Fsp3) is 0.333. The molecule has 1 atom stereocenters. The molecule has 0 spiro atoms. The first-order valence-corrected chi connectivity index (χ1v) is 5.79. The number of nitrogens with one attached hydrogen (secondary N) is 2. The van der Waals surface area contributed by atoms with E-state index in [1.54, 1.807) is 6.07 Å². The van der Waals surface area contributed by atoms with Gasteiger partial charge in [0.1, 0.15) is 5.88 Å². The first-order chi connectivity index (χ1) is 8.02. The molecule has 2 N–H and O–H groups in total. The maximum atomic E-state index is 11.1. The van der Waals surface area contributed by atoms with Crippen LogP contribution < -0.4 is 10.6 Å². The summed E-state index contributed by atoms with van der Waals surface area (Å²) in [6.45, 7) is 3.31. The number of rotatable bonds is 4. The summed E-state index contributed by atoms with van der Waals surface area (Å²) in [5.74, 6) is -0.404. The fourth-order valence-corrected chi connectivity index (χ4v) is 1.53. The monoisotopic (exact) mass is 254 g/mol. The van der Waals surface area contributed by atoms with Crippen molar-refractivity contribution in [3.05, 3.63) is 29.8 Å². The number of hydrogen-bond acceptors (Lipinski definition) is 2. The minimum absolute atomic E-state index is 0.0598. The molecule has 1 aromatic rings. The number of amides is 2. The first-order valence-electron chi connectivity index (χ1n) is 5.26. The number of alkyl halides is 1. The van der Waals surface area contributed by atoms with E-state index in [-0.39, 0.29) is 23.7 Å². The van der Waals surface area contributed by atoms with Crippen LogP contribution in [-0.2, 0) is 9.59 Å². The van der Waals surface area contributed by atoms with Crippen LogP contribution in [0.25, 0.3) is 0 Å². The van der Waals surface area contributed by atoms with Crippen LogP contribution in [0.2, 0.25) is 0 Å². The van der Waals surface area contributed by atoms with Gasteiger partial charge in [-0.05, 0) is 24.6 Å². The molecule has 0 saturated heterocycles. The third-order valence-electron chi connectivity index (χ3n) is 2.21. The molecule has 0 aliphatic rings. The number of carbonyl (C=O) groups is 2. The van der Waals surface area contributed by atoms with Crippen molar-refractivity contribution < 1.29 is 9.59 Å². The topological polar surface area (TPSA) is 58.2 Å². The predicted octanol–water partition coefficient (Wildman–Crippen LogP) is 2.06. The molecule has 0 aliphatic heterocycles. The van der Waals surface area contributed by atoms with Crippen LogP contribution in [0.15, 0.2) is 24.3 Å². The third kappa shape index (κ3) is 4.44. The molecule has 0 aromatic heterocycles. The molecule has 0 saturated carbocycles. The van der Waals surface area contributed by atoms with Gasteiger partial charge in [0.15, 0.2) is 0 Å². The predicted molar refractivity (Wildman–Crippen MR) is 68.0 cm³/mol. The van der Waals surface area contributed by atoms with E-state index in [0.29, 0.717) is 5.69 Å².